The van der Waals surface area contributed by atoms with Gasteiger partial charge in [-0.25, -0.2) is 13.6 Å². The number of nitrogens with two attached hydrogens (primary N) is 1. The van der Waals surface area contributed by atoms with E-state index in [1.165, 1.54) is 32.1 Å². The van der Waals surface area contributed by atoms with Crippen molar-refractivity contribution in [3.63, 3.8) is 0 Å². The summed E-state index contributed by atoms with van der Waals surface area (Å²) in [4.78, 5) is 0. The van der Waals surface area contributed by atoms with Gasteiger partial charge in [-0.15, -0.1) is 10.2 Å². The summed E-state index contributed by atoms with van der Waals surface area (Å²) in [5.74, 6) is 0.789. The van der Waals surface area contributed by atoms with Crippen molar-refractivity contribution in [3.05, 3.63) is 0 Å². The van der Waals surface area contributed by atoms with Crippen molar-refractivity contribution in [1.29, 1.82) is 0 Å². The number of aromatic nitrogens is 2. The molecule has 1 aromatic heterocycles. The fraction of sp³-hybridized carbons (Fsp3) is 0.800. The van der Waals surface area contributed by atoms with Gasteiger partial charge < -0.3 is 5.32 Å². The van der Waals surface area contributed by atoms with E-state index in [-0.39, 0.29) is 4.34 Å². The van der Waals surface area contributed by atoms with E-state index in [9.17, 15) is 8.42 Å². The Kier molecular flexibility index (Phi) is 4.52. The summed E-state index contributed by atoms with van der Waals surface area (Å²) in [6.45, 7) is 0.809. The molecule has 1 saturated carbocycles. The second-order valence-electron chi connectivity index (χ2n) is 4.64. The standard InChI is InChI=1S/C10H18N4O2S2/c11-18(15,16)10-14-13-9(17-10)12-7-6-8-4-2-1-3-5-8/h8H,1-7H2,(H,12,13)(H2,11,15,16). The average molecular weight is 290 g/mol. The summed E-state index contributed by atoms with van der Waals surface area (Å²) in [5, 5.41) is 15.9. The molecule has 1 aromatic rings. The van der Waals surface area contributed by atoms with Gasteiger partial charge in [-0.05, 0) is 12.3 Å². The van der Waals surface area contributed by atoms with Gasteiger partial charge in [0.2, 0.25) is 9.47 Å². The fourth-order valence-electron chi connectivity index (χ4n) is 2.26. The molecular formula is C10H18N4O2S2. The minimum Gasteiger partial charge on any atom is -0.360 e. The third-order valence-electron chi connectivity index (χ3n) is 3.20. The quantitative estimate of drug-likeness (QED) is 0.857. The molecule has 2 rings (SSSR count). The molecule has 6 nitrogen and oxygen atoms in total. The number of anilines is 1. The maximum atomic E-state index is 11.0. The van der Waals surface area contributed by atoms with E-state index in [0.717, 1.165) is 30.2 Å². The third kappa shape index (κ3) is 3.89. The first-order chi connectivity index (χ1) is 8.55. The van der Waals surface area contributed by atoms with Gasteiger partial charge in [0.1, 0.15) is 0 Å². The Morgan fingerprint density at radius 3 is 2.61 bits per heavy atom. The molecule has 0 atom stereocenters. The number of hydrogen-bond acceptors (Lipinski definition) is 6. The highest BCUT2D eigenvalue weighted by Gasteiger charge is 2.16. The second kappa shape index (κ2) is 5.94. The fourth-order valence-corrected chi connectivity index (χ4v) is 3.61. The molecule has 0 saturated heterocycles. The smallest absolute Gasteiger partial charge is 0.267 e. The molecule has 0 unspecified atom stereocenters. The van der Waals surface area contributed by atoms with E-state index in [1.807, 2.05) is 0 Å². The van der Waals surface area contributed by atoms with E-state index in [0.29, 0.717) is 5.13 Å². The van der Waals surface area contributed by atoms with Crippen LogP contribution in [0.3, 0.4) is 0 Å². The van der Waals surface area contributed by atoms with Crippen LogP contribution in [0.25, 0.3) is 0 Å². The van der Waals surface area contributed by atoms with Crippen molar-refractivity contribution in [2.45, 2.75) is 42.9 Å². The molecule has 0 spiro atoms. The summed E-state index contributed by atoms with van der Waals surface area (Å²) < 4.78 is 21.9. The molecule has 0 aliphatic heterocycles. The first-order valence-corrected chi connectivity index (χ1v) is 8.52. The maximum Gasteiger partial charge on any atom is 0.267 e. The molecule has 8 heteroatoms. The Labute approximate surface area is 111 Å². The molecule has 1 aliphatic carbocycles. The zero-order valence-corrected chi connectivity index (χ0v) is 11.8. The van der Waals surface area contributed by atoms with Crippen molar-refractivity contribution >= 4 is 26.5 Å². The number of hydrogen-bond donors (Lipinski definition) is 2. The second-order valence-corrected chi connectivity index (χ2v) is 7.35. The normalized spacial score (nSPS) is 17.8. The summed E-state index contributed by atoms with van der Waals surface area (Å²) in [6, 6.07) is 0. The van der Waals surface area contributed by atoms with Gasteiger partial charge in [-0.1, -0.05) is 43.4 Å². The SMILES string of the molecule is NS(=O)(=O)c1nnc(NCCC2CCCCC2)s1. The van der Waals surface area contributed by atoms with Crippen molar-refractivity contribution in [1.82, 2.24) is 10.2 Å². The lowest BCUT2D eigenvalue weighted by Gasteiger charge is -2.21. The minimum atomic E-state index is -3.72. The summed E-state index contributed by atoms with van der Waals surface area (Å²) in [5.41, 5.74) is 0. The van der Waals surface area contributed by atoms with Crippen LogP contribution in [0.2, 0.25) is 0 Å². The lowest BCUT2D eigenvalue weighted by molar-refractivity contribution is 0.345. The minimum absolute atomic E-state index is 0.136. The van der Waals surface area contributed by atoms with Crippen LogP contribution in [0.4, 0.5) is 5.13 Å². The first-order valence-electron chi connectivity index (χ1n) is 6.16. The first kappa shape index (κ1) is 13.7. The van der Waals surface area contributed by atoms with Crippen LogP contribution in [0, 0.1) is 5.92 Å². The molecule has 0 bridgehead atoms. The number of nitrogens with zero attached hydrogens (tertiary/aromatic N) is 2. The molecule has 1 aliphatic rings. The maximum absolute atomic E-state index is 11.0. The van der Waals surface area contributed by atoms with Crippen LogP contribution in [0.1, 0.15) is 38.5 Å². The number of nitrogens with one attached hydrogen (secondary N) is 1. The van der Waals surface area contributed by atoms with Crippen LogP contribution >= 0.6 is 11.3 Å². The lowest BCUT2D eigenvalue weighted by Crippen LogP contribution is -2.12. The van der Waals surface area contributed by atoms with Gasteiger partial charge in [-0.3, -0.25) is 0 Å². The highest BCUT2D eigenvalue weighted by atomic mass is 32.2. The number of primary sulfonamides is 1. The Hall–Kier alpha value is -0.730. The van der Waals surface area contributed by atoms with E-state index < -0.39 is 10.0 Å². The van der Waals surface area contributed by atoms with Crippen molar-refractivity contribution in [3.8, 4) is 0 Å². The predicted octanol–water partition coefficient (Wildman–Crippen LogP) is 1.57. The van der Waals surface area contributed by atoms with Crippen molar-refractivity contribution in [2.75, 3.05) is 11.9 Å². The van der Waals surface area contributed by atoms with Crippen molar-refractivity contribution < 1.29 is 8.42 Å². The van der Waals surface area contributed by atoms with Gasteiger partial charge in [0, 0.05) is 6.54 Å². The molecule has 0 amide bonds. The Morgan fingerprint density at radius 1 is 1.28 bits per heavy atom. The highest BCUT2D eigenvalue weighted by Crippen LogP contribution is 2.26. The van der Waals surface area contributed by atoms with Crippen LogP contribution < -0.4 is 10.5 Å². The lowest BCUT2D eigenvalue weighted by atomic mass is 9.87. The topological polar surface area (TPSA) is 98.0 Å². The molecule has 0 radical (unpaired) electrons. The van der Waals surface area contributed by atoms with E-state index >= 15 is 0 Å². The summed E-state index contributed by atoms with van der Waals surface area (Å²) >= 11 is 0.980. The van der Waals surface area contributed by atoms with Gasteiger partial charge in [0.05, 0.1) is 0 Å². The van der Waals surface area contributed by atoms with Gasteiger partial charge in [-0.2, -0.15) is 0 Å². The Bertz CT molecular complexity index is 480. The zero-order chi connectivity index (χ0) is 13.0. The van der Waals surface area contributed by atoms with Crippen LogP contribution in [-0.2, 0) is 10.0 Å². The molecule has 102 valence electrons. The van der Waals surface area contributed by atoms with E-state index in [1.54, 1.807) is 0 Å². The molecule has 18 heavy (non-hydrogen) atoms. The van der Waals surface area contributed by atoms with E-state index in [2.05, 4.69) is 15.5 Å². The van der Waals surface area contributed by atoms with Gasteiger partial charge in [0.15, 0.2) is 0 Å². The number of rotatable bonds is 5. The Balaban J connectivity index is 1.78. The monoisotopic (exact) mass is 290 g/mol. The van der Waals surface area contributed by atoms with Crippen LogP contribution in [0.5, 0.6) is 0 Å². The average Bonchev–Trinajstić information content (AvgIpc) is 2.79. The molecule has 1 fully saturated rings. The summed E-state index contributed by atoms with van der Waals surface area (Å²) in [6.07, 6.45) is 7.74. The highest BCUT2D eigenvalue weighted by molar-refractivity contribution is 7.91. The van der Waals surface area contributed by atoms with Gasteiger partial charge in [0.25, 0.3) is 10.0 Å². The predicted molar refractivity (Wildman–Crippen MR) is 71.0 cm³/mol. The molecular weight excluding hydrogens is 272 g/mol. The molecule has 3 N–H and O–H groups in total. The number of sulfonamides is 1. The van der Waals surface area contributed by atoms with Crippen LogP contribution in [-0.4, -0.2) is 25.2 Å². The molecule has 1 heterocycles. The van der Waals surface area contributed by atoms with E-state index in [4.69, 9.17) is 5.14 Å². The molecule has 0 aromatic carbocycles. The zero-order valence-electron chi connectivity index (χ0n) is 10.1. The summed E-state index contributed by atoms with van der Waals surface area (Å²) in [7, 11) is -3.72. The largest absolute Gasteiger partial charge is 0.360 e. The van der Waals surface area contributed by atoms with Crippen molar-refractivity contribution in [2.24, 2.45) is 11.1 Å². The Morgan fingerprint density at radius 2 is 2.00 bits per heavy atom. The van der Waals surface area contributed by atoms with Gasteiger partial charge >= 0.3 is 0 Å². The van der Waals surface area contributed by atoms with Crippen LogP contribution in [0.15, 0.2) is 4.34 Å². The third-order valence-corrected chi connectivity index (χ3v) is 5.39.